The molecule has 4 heterocycles. The Kier molecular flexibility index (Phi) is 6.93. The van der Waals surface area contributed by atoms with Crippen LogP contribution in [0.3, 0.4) is 0 Å². The molecule has 0 amide bonds. The van der Waals surface area contributed by atoms with Gasteiger partial charge in [-0.3, -0.25) is 0 Å². The molecule has 4 nitrogen and oxygen atoms in total. The number of nitrogens with one attached hydrogen (secondary N) is 1. The van der Waals surface area contributed by atoms with Crippen LogP contribution < -0.4 is 11.1 Å². The molecular formula is C27H38N2O2S2. The predicted molar refractivity (Wildman–Crippen MR) is 137 cm³/mol. The van der Waals surface area contributed by atoms with Crippen LogP contribution in [-0.4, -0.2) is 32.3 Å². The van der Waals surface area contributed by atoms with Crippen molar-refractivity contribution >= 4 is 22.7 Å². The molecule has 3 unspecified atom stereocenters. The number of rotatable bonds is 5. The van der Waals surface area contributed by atoms with Gasteiger partial charge in [-0.2, -0.15) is 0 Å². The summed E-state index contributed by atoms with van der Waals surface area (Å²) in [6.07, 6.45) is 15.7. The Labute approximate surface area is 206 Å². The van der Waals surface area contributed by atoms with Gasteiger partial charge in [0, 0.05) is 52.0 Å². The first kappa shape index (κ1) is 22.7. The first-order valence-corrected chi connectivity index (χ1v) is 14.9. The molecule has 33 heavy (non-hydrogen) atoms. The van der Waals surface area contributed by atoms with E-state index in [0.29, 0.717) is 6.54 Å². The van der Waals surface area contributed by atoms with Crippen molar-refractivity contribution in [3.05, 3.63) is 41.8 Å². The van der Waals surface area contributed by atoms with Gasteiger partial charge in [0.2, 0.25) is 0 Å². The molecule has 4 aliphatic rings. The Morgan fingerprint density at radius 1 is 0.727 bits per heavy atom. The summed E-state index contributed by atoms with van der Waals surface area (Å²) in [4.78, 5) is 6.42. The minimum atomic E-state index is 0.0730. The fourth-order valence-electron chi connectivity index (χ4n) is 6.50. The number of hydrogen-bond acceptors (Lipinski definition) is 6. The maximum Gasteiger partial charge on any atom is 0.0965 e. The standard InChI is InChI=1S/C27H38N2O2S2/c28-14-20-26-18-7-3-1-6-10-23(18)33-25(26)13-17(31-20)15-29-16-21-27-19-8-4-2-5-9-22(19)32-24(27)11-12-30-21/h17,20-21,29H,1-16,28H2. The highest BCUT2D eigenvalue weighted by Crippen LogP contribution is 2.43. The highest BCUT2D eigenvalue weighted by atomic mass is 32.1. The van der Waals surface area contributed by atoms with Crippen molar-refractivity contribution in [1.82, 2.24) is 5.32 Å². The largest absolute Gasteiger partial charge is 0.372 e. The fraction of sp³-hybridized carbons (Fsp3) is 0.704. The van der Waals surface area contributed by atoms with E-state index in [9.17, 15) is 0 Å². The van der Waals surface area contributed by atoms with Gasteiger partial charge in [0.05, 0.1) is 24.9 Å². The van der Waals surface area contributed by atoms with E-state index in [-0.39, 0.29) is 18.3 Å². The number of fused-ring (bicyclic) bond motifs is 6. The third kappa shape index (κ3) is 4.48. The summed E-state index contributed by atoms with van der Waals surface area (Å²) >= 11 is 4.14. The zero-order valence-electron chi connectivity index (χ0n) is 19.8. The van der Waals surface area contributed by atoms with Gasteiger partial charge in [-0.05, 0) is 73.6 Å². The van der Waals surface area contributed by atoms with Gasteiger partial charge in [0.15, 0.2) is 0 Å². The molecule has 2 aliphatic heterocycles. The number of hydrogen-bond donors (Lipinski definition) is 2. The molecule has 0 saturated heterocycles. The average molecular weight is 487 g/mol. The van der Waals surface area contributed by atoms with Crippen LogP contribution in [0.15, 0.2) is 0 Å². The monoisotopic (exact) mass is 486 g/mol. The third-order valence-corrected chi connectivity index (χ3v) is 10.8. The number of ether oxygens (including phenoxy) is 2. The van der Waals surface area contributed by atoms with E-state index in [1.807, 2.05) is 0 Å². The van der Waals surface area contributed by atoms with Gasteiger partial charge in [-0.15, -0.1) is 22.7 Å². The van der Waals surface area contributed by atoms with Gasteiger partial charge in [0.25, 0.3) is 0 Å². The lowest BCUT2D eigenvalue weighted by atomic mass is 9.94. The molecule has 0 spiro atoms. The molecule has 2 aromatic rings. The summed E-state index contributed by atoms with van der Waals surface area (Å²) in [7, 11) is 0. The second-order valence-corrected chi connectivity index (χ2v) is 12.6. The summed E-state index contributed by atoms with van der Waals surface area (Å²) in [5.41, 5.74) is 12.5. The molecule has 0 fully saturated rings. The van der Waals surface area contributed by atoms with Crippen molar-refractivity contribution in [2.45, 2.75) is 95.4 Å². The molecule has 0 radical (unpaired) electrons. The first-order chi connectivity index (χ1) is 16.3. The molecule has 3 atom stereocenters. The number of aryl methyl sites for hydroxylation is 2. The van der Waals surface area contributed by atoms with Crippen LogP contribution in [0, 0.1) is 0 Å². The van der Waals surface area contributed by atoms with Gasteiger partial charge in [-0.1, -0.05) is 12.8 Å². The van der Waals surface area contributed by atoms with Gasteiger partial charge in [0.1, 0.15) is 0 Å². The molecule has 2 aliphatic carbocycles. The number of nitrogens with two attached hydrogens (primary N) is 1. The summed E-state index contributed by atoms with van der Waals surface area (Å²) in [6, 6.07) is 0. The highest BCUT2D eigenvalue weighted by Gasteiger charge is 2.33. The lowest BCUT2D eigenvalue weighted by molar-refractivity contribution is -0.0219. The second kappa shape index (κ2) is 10.1. The van der Waals surface area contributed by atoms with Crippen LogP contribution in [-0.2, 0) is 48.0 Å². The van der Waals surface area contributed by atoms with Gasteiger partial charge >= 0.3 is 0 Å². The van der Waals surface area contributed by atoms with E-state index >= 15 is 0 Å². The molecular weight excluding hydrogens is 448 g/mol. The van der Waals surface area contributed by atoms with Crippen LogP contribution in [0.1, 0.15) is 92.5 Å². The molecule has 3 N–H and O–H groups in total. The van der Waals surface area contributed by atoms with E-state index < -0.39 is 0 Å². The summed E-state index contributed by atoms with van der Waals surface area (Å²) in [5.74, 6) is 0. The second-order valence-electron chi connectivity index (χ2n) is 10.3. The maximum atomic E-state index is 6.56. The zero-order chi connectivity index (χ0) is 22.2. The minimum Gasteiger partial charge on any atom is -0.372 e. The molecule has 0 aromatic carbocycles. The Morgan fingerprint density at radius 3 is 2.12 bits per heavy atom. The normalized spacial score (nSPS) is 27.1. The maximum absolute atomic E-state index is 6.56. The summed E-state index contributed by atoms with van der Waals surface area (Å²) in [6.45, 7) is 3.21. The van der Waals surface area contributed by atoms with Crippen molar-refractivity contribution in [2.75, 3.05) is 26.2 Å². The van der Waals surface area contributed by atoms with Crippen molar-refractivity contribution < 1.29 is 9.47 Å². The number of thiophene rings is 2. The Balaban J connectivity index is 1.13. The topological polar surface area (TPSA) is 56.5 Å². The van der Waals surface area contributed by atoms with Crippen LogP contribution in [0.25, 0.3) is 0 Å². The summed E-state index contributed by atoms with van der Waals surface area (Å²) < 4.78 is 12.9. The zero-order valence-corrected chi connectivity index (χ0v) is 21.4. The summed E-state index contributed by atoms with van der Waals surface area (Å²) in [5, 5.41) is 3.74. The lowest BCUT2D eigenvalue weighted by Gasteiger charge is -2.32. The van der Waals surface area contributed by atoms with Gasteiger partial charge < -0.3 is 20.5 Å². The third-order valence-electron chi connectivity index (χ3n) is 8.06. The Bertz CT molecular complexity index is 981. The molecule has 6 heteroatoms. The van der Waals surface area contributed by atoms with Crippen LogP contribution in [0.5, 0.6) is 0 Å². The smallest absolute Gasteiger partial charge is 0.0965 e. The van der Waals surface area contributed by atoms with Crippen molar-refractivity contribution in [3.63, 3.8) is 0 Å². The average Bonchev–Trinajstić information content (AvgIpc) is 3.14. The lowest BCUT2D eigenvalue weighted by Crippen LogP contribution is -2.39. The SMILES string of the molecule is NCC1OC(CNCC2OCCc3sc4c(c32)CCCCC4)Cc2sc3c(c21)CCCCC3. The minimum absolute atomic E-state index is 0.0730. The highest BCUT2D eigenvalue weighted by molar-refractivity contribution is 7.12. The molecule has 0 saturated carbocycles. The Hall–Kier alpha value is -0.760. The van der Waals surface area contributed by atoms with Crippen LogP contribution in [0.4, 0.5) is 0 Å². The predicted octanol–water partition coefficient (Wildman–Crippen LogP) is 5.19. The fourth-order valence-corrected chi connectivity index (χ4v) is 9.44. The van der Waals surface area contributed by atoms with E-state index in [4.69, 9.17) is 15.2 Å². The van der Waals surface area contributed by atoms with Gasteiger partial charge in [-0.25, -0.2) is 0 Å². The van der Waals surface area contributed by atoms with E-state index in [1.54, 1.807) is 36.2 Å². The van der Waals surface area contributed by atoms with Crippen molar-refractivity contribution in [2.24, 2.45) is 5.73 Å². The van der Waals surface area contributed by atoms with E-state index in [2.05, 4.69) is 28.0 Å². The van der Waals surface area contributed by atoms with Crippen LogP contribution >= 0.6 is 22.7 Å². The first-order valence-electron chi connectivity index (χ1n) is 13.3. The Morgan fingerprint density at radius 2 is 1.39 bits per heavy atom. The molecule has 180 valence electrons. The van der Waals surface area contributed by atoms with Crippen LogP contribution in [0.2, 0.25) is 0 Å². The van der Waals surface area contributed by atoms with E-state index in [0.717, 1.165) is 32.5 Å². The molecule has 0 bridgehead atoms. The molecule has 2 aromatic heterocycles. The van der Waals surface area contributed by atoms with Crippen molar-refractivity contribution in [1.29, 1.82) is 0 Å². The van der Waals surface area contributed by atoms with Crippen molar-refractivity contribution in [3.8, 4) is 0 Å². The quantitative estimate of drug-likeness (QED) is 0.571. The van der Waals surface area contributed by atoms with E-state index in [1.165, 1.54) is 69.8 Å². The molecule has 6 rings (SSSR count).